The molecule has 1 heterocycles. The molecule has 7 nitrogen and oxygen atoms in total. The molecule has 0 bridgehead atoms. The molecule has 8 unspecified atom stereocenters. The maximum Gasteiger partial charge on any atom is 0.152 e. The van der Waals surface area contributed by atoms with E-state index in [-0.39, 0.29) is 34.2 Å². The first-order valence-electron chi connectivity index (χ1n) is 17.2. The maximum absolute atomic E-state index is 12.9. The van der Waals surface area contributed by atoms with Gasteiger partial charge in [-0.2, -0.15) is 0 Å². The number of nitrogens with zero attached hydrogens (tertiary/aromatic N) is 4. The van der Waals surface area contributed by atoms with Crippen molar-refractivity contribution in [2.45, 2.75) is 143 Å². The molecular weight excluding hydrogens is 536 g/mol. The molecule has 242 valence electrons. The van der Waals surface area contributed by atoms with Gasteiger partial charge in [-0.3, -0.25) is 14.4 Å². The fraction of sp³-hybridized carbons (Fsp3) is 0.861. The molecule has 1 aromatic rings. The summed E-state index contributed by atoms with van der Waals surface area (Å²) in [4.78, 5) is 15.2. The van der Waals surface area contributed by atoms with Gasteiger partial charge in [0.15, 0.2) is 5.78 Å². The summed E-state index contributed by atoms with van der Waals surface area (Å²) in [5.41, 5.74) is 0.902. The normalized spacial score (nSPS) is 33.9. The third kappa shape index (κ3) is 6.42. The van der Waals surface area contributed by atoms with Crippen molar-refractivity contribution in [1.29, 1.82) is 0 Å². The minimum absolute atomic E-state index is 0.128. The SMILES string of the molecule is CC(CN(CC(=O)C(C)(C)C)C(C)(C)C)c1cn(CC(C)(C)C2(O)CCC3C4CC=C5CC(O)CCC5C4CCC32)nn1. The van der Waals surface area contributed by atoms with Crippen LogP contribution in [0.1, 0.15) is 125 Å². The number of hydrogen-bond donors (Lipinski definition) is 2. The molecule has 0 aromatic carbocycles. The fourth-order valence-electron chi connectivity index (χ4n) is 9.35. The predicted molar refractivity (Wildman–Crippen MR) is 171 cm³/mol. The zero-order valence-corrected chi connectivity index (χ0v) is 28.6. The number of fused-ring (bicyclic) bond motifs is 5. The van der Waals surface area contributed by atoms with Crippen molar-refractivity contribution in [3.8, 4) is 0 Å². The molecule has 1 aromatic heterocycles. The van der Waals surface area contributed by atoms with Crippen molar-refractivity contribution >= 4 is 5.78 Å². The van der Waals surface area contributed by atoms with Gasteiger partial charge < -0.3 is 10.2 Å². The lowest BCUT2D eigenvalue weighted by Crippen LogP contribution is -2.53. The number of carbonyl (C=O) groups excluding carboxylic acids is 1. The third-order valence-electron chi connectivity index (χ3n) is 12.2. The molecule has 43 heavy (non-hydrogen) atoms. The largest absolute Gasteiger partial charge is 0.393 e. The molecule has 0 spiro atoms. The second kappa shape index (κ2) is 11.7. The van der Waals surface area contributed by atoms with Gasteiger partial charge in [0.25, 0.3) is 0 Å². The van der Waals surface area contributed by atoms with Gasteiger partial charge in [-0.05, 0) is 102 Å². The Morgan fingerprint density at radius 2 is 1.77 bits per heavy atom. The first kappa shape index (κ1) is 32.8. The lowest BCUT2D eigenvalue weighted by Gasteiger charge is -2.53. The second-order valence-electron chi connectivity index (χ2n) is 17.5. The van der Waals surface area contributed by atoms with Crippen LogP contribution in [0.5, 0.6) is 0 Å². The Bertz CT molecular complexity index is 1190. The lowest BCUT2D eigenvalue weighted by molar-refractivity contribution is -0.129. The highest BCUT2D eigenvalue weighted by atomic mass is 16.3. The lowest BCUT2D eigenvalue weighted by atomic mass is 9.54. The van der Waals surface area contributed by atoms with E-state index >= 15 is 0 Å². The van der Waals surface area contributed by atoms with Crippen LogP contribution in [0.3, 0.4) is 0 Å². The Kier molecular flexibility index (Phi) is 8.90. The molecule has 8 atom stereocenters. The van der Waals surface area contributed by atoms with Gasteiger partial charge in [-0.15, -0.1) is 5.10 Å². The molecule has 5 rings (SSSR count). The number of hydrogen-bond acceptors (Lipinski definition) is 6. The highest BCUT2D eigenvalue weighted by Crippen LogP contribution is 2.62. The van der Waals surface area contributed by atoms with E-state index in [0.717, 1.165) is 63.1 Å². The van der Waals surface area contributed by atoms with Crippen molar-refractivity contribution in [3.63, 3.8) is 0 Å². The number of aliphatic hydroxyl groups excluding tert-OH is 1. The summed E-state index contributed by atoms with van der Waals surface area (Å²) < 4.78 is 1.95. The van der Waals surface area contributed by atoms with Gasteiger partial charge in [0, 0.05) is 35.0 Å². The summed E-state index contributed by atoms with van der Waals surface area (Å²) >= 11 is 0. The highest BCUT2D eigenvalue weighted by Gasteiger charge is 2.60. The first-order valence-corrected chi connectivity index (χ1v) is 17.2. The molecule has 0 aliphatic heterocycles. The molecule has 0 amide bonds. The molecule has 3 fully saturated rings. The Morgan fingerprint density at radius 1 is 1.05 bits per heavy atom. The van der Waals surface area contributed by atoms with Crippen molar-refractivity contribution in [3.05, 3.63) is 23.5 Å². The van der Waals surface area contributed by atoms with Crippen LogP contribution in [-0.4, -0.2) is 66.2 Å². The van der Waals surface area contributed by atoms with Gasteiger partial charge in [0.05, 0.1) is 30.5 Å². The molecular formula is C36H60N4O3. The van der Waals surface area contributed by atoms with Crippen LogP contribution in [0.25, 0.3) is 0 Å². The van der Waals surface area contributed by atoms with E-state index in [0.29, 0.717) is 36.8 Å². The van der Waals surface area contributed by atoms with Crippen LogP contribution in [0, 0.1) is 40.4 Å². The molecule has 2 N–H and O–H groups in total. The van der Waals surface area contributed by atoms with Gasteiger partial charge in [-0.1, -0.05) is 58.4 Å². The smallest absolute Gasteiger partial charge is 0.152 e. The minimum Gasteiger partial charge on any atom is -0.393 e. The van der Waals surface area contributed by atoms with Crippen LogP contribution < -0.4 is 0 Å². The van der Waals surface area contributed by atoms with Crippen molar-refractivity contribution < 1.29 is 15.0 Å². The third-order valence-corrected chi connectivity index (χ3v) is 12.2. The number of allylic oxidation sites excluding steroid dienone is 1. The Morgan fingerprint density at radius 3 is 2.44 bits per heavy atom. The van der Waals surface area contributed by atoms with Gasteiger partial charge in [-0.25, -0.2) is 0 Å². The van der Waals surface area contributed by atoms with E-state index < -0.39 is 5.60 Å². The van der Waals surface area contributed by atoms with E-state index in [9.17, 15) is 15.0 Å². The molecule has 3 saturated carbocycles. The van der Waals surface area contributed by atoms with Gasteiger partial charge in [0.2, 0.25) is 0 Å². The van der Waals surface area contributed by atoms with E-state index in [2.05, 4.69) is 69.0 Å². The van der Waals surface area contributed by atoms with Gasteiger partial charge >= 0.3 is 0 Å². The van der Waals surface area contributed by atoms with Crippen LogP contribution in [-0.2, 0) is 11.3 Å². The van der Waals surface area contributed by atoms with Crippen molar-refractivity contribution in [2.75, 3.05) is 13.1 Å². The number of carbonyl (C=O) groups is 1. The summed E-state index contributed by atoms with van der Waals surface area (Å²) in [5.74, 6) is 3.34. The van der Waals surface area contributed by atoms with Crippen molar-refractivity contribution in [1.82, 2.24) is 19.9 Å². The Balaban J connectivity index is 1.25. The highest BCUT2D eigenvalue weighted by molar-refractivity contribution is 5.85. The quantitative estimate of drug-likeness (QED) is 0.338. The zero-order valence-electron chi connectivity index (χ0n) is 28.6. The van der Waals surface area contributed by atoms with Crippen LogP contribution in [0.4, 0.5) is 0 Å². The number of Topliss-reactive ketones (excluding diaryl/α,β-unsaturated/α-hetero) is 1. The minimum atomic E-state index is -0.719. The zero-order chi connectivity index (χ0) is 31.5. The second-order valence-corrected chi connectivity index (χ2v) is 17.5. The van der Waals surface area contributed by atoms with Crippen molar-refractivity contribution in [2.24, 2.45) is 40.4 Å². The molecule has 4 aliphatic rings. The molecule has 0 saturated heterocycles. The molecule has 0 radical (unpaired) electrons. The standard InChI is InChI=1S/C36H60N4O3/c1-23(19-39(34(5,6)7)21-32(42)33(2,3)4)31-20-40(38-37-31)22-35(8,9)36(43)17-16-29-28-12-10-24-18-25(41)11-13-26(24)27(28)14-15-30(29)36/h10,20,23,25-30,41,43H,11-19,21-22H2,1-9H3. The summed E-state index contributed by atoms with van der Waals surface area (Å²) in [6.07, 6.45) is 12.7. The van der Waals surface area contributed by atoms with Crippen LogP contribution in [0.2, 0.25) is 0 Å². The maximum atomic E-state index is 12.9. The molecule has 4 aliphatic carbocycles. The van der Waals surface area contributed by atoms with E-state index in [1.807, 2.05) is 25.5 Å². The average Bonchev–Trinajstić information content (AvgIpc) is 3.51. The van der Waals surface area contributed by atoms with E-state index in [4.69, 9.17) is 0 Å². The first-order chi connectivity index (χ1) is 19.9. The summed E-state index contributed by atoms with van der Waals surface area (Å²) in [5, 5.41) is 31.8. The average molecular weight is 597 g/mol. The van der Waals surface area contributed by atoms with Crippen LogP contribution in [0.15, 0.2) is 17.8 Å². The fourth-order valence-corrected chi connectivity index (χ4v) is 9.35. The van der Waals surface area contributed by atoms with Crippen LogP contribution >= 0.6 is 0 Å². The van der Waals surface area contributed by atoms with Gasteiger partial charge in [0.1, 0.15) is 0 Å². The number of ketones is 1. The summed E-state index contributed by atoms with van der Waals surface area (Å²) in [6.45, 7) is 20.9. The Labute approximate surface area is 260 Å². The number of aliphatic hydroxyl groups is 2. The number of rotatable bonds is 8. The monoisotopic (exact) mass is 596 g/mol. The topological polar surface area (TPSA) is 91.5 Å². The summed E-state index contributed by atoms with van der Waals surface area (Å²) in [7, 11) is 0. The van der Waals surface area contributed by atoms with E-state index in [1.165, 1.54) is 12.0 Å². The van der Waals surface area contributed by atoms with E-state index in [1.54, 1.807) is 0 Å². The Hall–Kier alpha value is -1.57. The number of aromatic nitrogens is 3. The predicted octanol–water partition coefficient (Wildman–Crippen LogP) is 6.40. The summed E-state index contributed by atoms with van der Waals surface area (Å²) in [6, 6.07) is 0. The molecule has 7 heteroatoms.